The van der Waals surface area contributed by atoms with Crippen molar-refractivity contribution >= 4 is 38.2 Å². The quantitative estimate of drug-likeness (QED) is 0.634. The number of nitrogens with zero attached hydrogens (tertiary/aromatic N) is 1. The van der Waals surface area contributed by atoms with Gasteiger partial charge in [0.05, 0.1) is 10.3 Å². The van der Waals surface area contributed by atoms with Crippen LogP contribution in [-0.2, 0) is 24.8 Å². The average molecular weight is 451 g/mol. The lowest BCUT2D eigenvalue weighted by Gasteiger charge is -2.34. The Morgan fingerprint density at radius 1 is 0.969 bits per heavy atom. The first-order valence-corrected chi connectivity index (χ1v) is 12.0. The van der Waals surface area contributed by atoms with Crippen molar-refractivity contribution in [2.24, 2.45) is 0 Å². The number of para-hydroxylation sites is 1. The molecule has 0 aliphatic carbocycles. The molecule has 1 atom stereocenters. The van der Waals surface area contributed by atoms with Gasteiger partial charge >= 0.3 is 5.97 Å². The van der Waals surface area contributed by atoms with Crippen LogP contribution < -0.4 is 10.2 Å². The van der Waals surface area contributed by atoms with Crippen LogP contribution in [0.15, 0.2) is 71.6 Å². The fraction of sp³-hybridized carbons (Fsp3) is 0.250. The first-order chi connectivity index (χ1) is 15.4. The van der Waals surface area contributed by atoms with Gasteiger partial charge in [0.15, 0.2) is 0 Å². The molecule has 0 aromatic heterocycles. The molecule has 2 heterocycles. The number of carbonyl (C=O) groups excluding carboxylic acids is 1. The summed E-state index contributed by atoms with van der Waals surface area (Å²) in [5.74, 6) is -2.04. The highest BCUT2D eigenvalue weighted by atomic mass is 32.2. The Labute approximate surface area is 185 Å². The zero-order valence-corrected chi connectivity index (χ0v) is 18.0. The first-order valence-electron chi connectivity index (χ1n) is 10.5. The van der Waals surface area contributed by atoms with Gasteiger partial charge in [-0.2, -0.15) is 0 Å². The highest BCUT2D eigenvalue weighted by molar-refractivity contribution is 7.93. The molecule has 1 fully saturated rings. The van der Waals surface area contributed by atoms with Crippen LogP contribution in [0.3, 0.4) is 0 Å². The van der Waals surface area contributed by atoms with Gasteiger partial charge in [-0.15, -0.1) is 0 Å². The molecule has 1 amide bonds. The number of benzene rings is 3. The van der Waals surface area contributed by atoms with Crippen molar-refractivity contribution in [3.05, 3.63) is 72.3 Å². The van der Waals surface area contributed by atoms with Crippen molar-refractivity contribution in [2.45, 2.75) is 28.5 Å². The maximum Gasteiger partial charge on any atom is 0.343 e. The number of aliphatic carboxylic acids is 1. The molecule has 7 nitrogen and oxygen atoms in total. The second kappa shape index (κ2) is 7.43. The van der Waals surface area contributed by atoms with Crippen LogP contribution in [0.5, 0.6) is 0 Å². The van der Waals surface area contributed by atoms with Gasteiger partial charge in [0.2, 0.25) is 21.1 Å². The van der Waals surface area contributed by atoms with E-state index in [-0.39, 0.29) is 4.90 Å². The van der Waals surface area contributed by atoms with E-state index >= 15 is 0 Å². The zero-order valence-electron chi connectivity index (χ0n) is 17.2. The molecular formula is C24H22N2O5S. The number of nitrogens with one attached hydrogen (secondary N) is 1. The molecule has 164 valence electrons. The van der Waals surface area contributed by atoms with Gasteiger partial charge in [-0.25, -0.2) is 13.2 Å². The van der Waals surface area contributed by atoms with Crippen LogP contribution in [0.4, 0.5) is 5.69 Å². The van der Waals surface area contributed by atoms with E-state index in [2.05, 4.69) is 5.32 Å². The molecular weight excluding hydrogens is 428 g/mol. The highest BCUT2D eigenvalue weighted by Crippen LogP contribution is 2.48. The van der Waals surface area contributed by atoms with E-state index in [1.165, 1.54) is 12.1 Å². The molecule has 3 aromatic rings. The summed E-state index contributed by atoms with van der Waals surface area (Å²) in [4.78, 5) is 27.0. The summed E-state index contributed by atoms with van der Waals surface area (Å²) in [5.41, 5.74) is 0.150. The Kier molecular flexibility index (Phi) is 4.79. The van der Waals surface area contributed by atoms with Crippen molar-refractivity contribution in [2.75, 3.05) is 18.0 Å². The van der Waals surface area contributed by atoms with Crippen LogP contribution in [0.1, 0.15) is 18.4 Å². The number of carbonyl (C=O) groups is 2. The molecule has 2 aliphatic rings. The number of carboxylic acids is 1. The van der Waals surface area contributed by atoms with Gasteiger partial charge in [-0.05, 0) is 60.5 Å². The van der Waals surface area contributed by atoms with Gasteiger partial charge in [-0.3, -0.25) is 9.69 Å². The maximum absolute atomic E-state index is 13.7. The lowest BCUT2D eigenvalue weighted by atomic mass is 9.74. The van der Waals surface area contributed by atoms with E-state index in [4.69, 9.17) is 0 Å². The van der Waals surface area contributed by atoms with Crippen LogP contribution in [0, 0.1) is 0 Å². The van der Waals surface area contributed by atoms with Crippen LogP contribution in [0.2, 0.25) is 0 Å². The van der Waals surface area contributed by atoms with Gasteiger partial charge in [0.1, 0.15) is 0 Å². The third-order valence-electron chi connectivity index (χ3n) is 6.55. The Hall–Kier alpha value is -3.23. The van der Waals surface area contributed by atoms with Crippen LogP contribution in [-0.4, -0.2) is 43.9 Å². The number of hydrogen-bond acceptors (Lipinski definition) is 5. The predicted molar refractivity (Wildman–Crippen MR) is 120 cm³/mol. The molecule has 0 bridgehead atoms. The van der Waals surface area contributed by atoms with Crippen molar-refractivity contribution in [1.29, 1.82) is 0 Å². The molecule has 1 spiro atoms. The minimum Gasteiger partial charge on any atom is -0.479 e. The first kappa shape index (κ1) is 20.7. The highest BCUT2D eigenvalue weighted by Gasteiger charge is 2.56. The van der Waals surface area contributed by atoms with E-state index < -0.39 is 32.5 Å². The number of hydrogen-bond donors (Lipinski definition) is 2. The van der Waals surface area contributed by atoms with Gasteiger partial charge < -0.3 is 10.4 Å². The van der Waals surface area contributed by atoms with Crippen molar-refractivity contribution in [1.82, 2.24) is 5.32 Å². The van der Waals surface area contributed by atoms with Gasteiger partial charge in [-0.1, -0.05) is 48.5 Å². The SMILES string of the molecule is O=C(O)C(N1C(=O)C2(CCNCC2)c2ccccc21)S(=O)(=O)c1ccc2ccccc2c1. The summed E-state index contributed by atoms with van der Waals surface area (Å²) in [5, 5.41) is 12.8. The molecule has 32 heavy (non-hydrogen) atoms. The number of rotatable bonds is 4. The molecule has 8 heteroatoms. The van der Waals surface area contributed by atoms with Gasteiger partial charge in [0.25, 0.3) is 0 Å². The van der Waals surface area contributed by atoms with E-state index in [1.54, 1.807) is 42.5 Å². The Morgan fingerprint density at radius 3 is 2.34 bits per heavy atom. The molecule has 0 radical (unpaired) electrons. The summed E-state index contributed by atoms with van der Waals surface area (Å²) >= 11 is 0. The molecule has 1 unspecified atom stereocenters. The second-order valence-corrected chi connectivity index (χ2v) is 10.3. The van der Waals surface area contributed by atoms with E-state index in [0.717, 1.165) is 10.3 Å². The van der Waals surface area contributed by atoms with Crippen LogP contribution >= 0.6 is 0 Å². The van der Waals surface area contributed by atoms with Gasteiger partial charge in [0, 0.05) is 5.69 Å². The Morgan fingerprint density at radius 2 is 1.62 bits per heavy atom. The molecule has 2 N–H and O–H groups in total. The molecule has 1 saturated heterocycles. The average Bonchev–Trinajstić information content (AvgIpc) is 3.02. The number of piperidine rings is 1. The number of sulfone groups is 1. The third kappa shape index (κ3) is 2.94. The minimum absolute atomic E-state index is 0.125. The van der Waals surface area contributed by atoms with Crippen molar-refractivity contribution < 1.29 is 23.1 Å². The second-order valence-electron chi connectivity index (χ2n) is 8.27. The maximum atomic E-state index is 13.7. The molecule has 2 aliphatic heterocycles. The topological polar surface area (TPSA) is 104 Å². The van der Waals surface area contributed by atoms with E-state index in [9.17, 15) is 23.1 Å². The third-order valence-corrected chi connectivity index (χ3v) is 8.46. The summed E-state index contributed by atoms with van der Waals surface area (Å²) in [6.07, 6.45) is 0.976. The molecule has 5 rings (SSSR count). The normalized spacial score (nSPS) is 18.6. The number of anilines is 1. The fourth-order valence-electron chi connectivity index (χ4n) is 4.97. The zero-order chi connectivity index (χ0) is 22.5. The number of carboxylic acid groups (broad SMARTS) is 1. The predicted octanol–water partition coefficient (Wildman–Crippen LogP) is 2.69. The fourth-order valence-corrected chi connectivity index (χ4v) is 6.53. The smallest absolute Gasteiger partial charge is 0.343 e. The Bertz CT molecular complexity index is 1350. The lowest BCUT2D eigenvalue weighted by molar-refractivity contribution is -0.138. The monoisotopic (exact) mass is 450 g/mol. The van der Waals surface area contributed by atoms with Crippen molar-refractivity contribution in [3.8, 4) is 0 Å². The standard InChI is InChI=1S/C24H22N2O5S/c27-22(28)21(32(30,31)18-10-9-16-5-1-2-6-17(16)15-18)26-20-8-4-3-7-19(20)24(23(26)29)11-13-25-14-12-24/h1-10,15,21,25H,11-14H2,(H,27,28). The minimum atomic E-state index is -4.42. The van der Waals surface area contributed by atoms with Crippen LogP contribution in [0.25, 0.3) is 10.8 Å². The number of fused-ring (bicyclic) bond motifs is 3. The largest absolute Gasteiger partial charge is 0.479 e. The molecule has 3 aromatic carbocycles. The van der Waals surface area contributed by atoms with E-state index in [0.29, 0.717) is 42.6 Å². The summed E-state index contributed by atoms with van der Waals surface area (Å²) in [7, 11) is -4.42. The summed E-state index contributed by atoms with van der Waals surface area (Å²) < 4.78 is 27.3. The number of amides is 1. The van der Waals surface area contributed by atoms with E-state index in [1.807, 2.05) is 12.1 Å². The Balaban J connectivity index is 1.66. The summed E-state index contributed by atoms with van der Waals surface area (Å²) in [6.45, 7) is 1.20. The molecule has 0 saturated carbocycles. The lowest BCUT2D eigenvalue weighted by Crippen LogP contribution is -2.54. The van der Waals surface area contributed by atoms with Crippen molar-refractivity contribution in [3.63, 3.8) is 0 Å². The summed E-state index contributed by atoms with van der Waals surface area (Å²) in [6, 6.07) is 18.7.